The van der Waals surface area contributed by atoms with Crippen molar-refractivity contribution in [2.75, 3.05) is 12.8 Å². The van der Waals surface area contributed by atoms with Gasteiger partial charge in [0.2, 0.25) is 5.95 Å². The third-order valence-electron chi connectivity index (χ3n) is 3.17. The number of ether oxygens (including phenoxy) is 1. The SMILES string of the molecule is COc1cccc(-n2c(N)nc3ccc(I)cc3c2=O)c1. The highest BCUT2D eigenvalue weighted by Crippen LogP contribution is 2.19. The van der Waals surface area contributed by atoms with Gasteiger partial charge in [0, 0.05) is 9.64 Å². The maximum absolute atomic E-state index is 12.7. The maximum Gasteiger partial charge on any atom is 0.267 e. The number of halogens is 1. The Balaban J connectivity index is 2.34. The molecule has 106 valence electrons. The van der Waals surface area contributed by atoms with Crippen LogP contribution in [0, 0.1) is 3.57 Å². The van der Waals surface area contributed by atoms with E-state index >= 15 is 0 Å². The summed E-state index contributed by atoms with van der Waals surface area (Å²) in [5.74, 6) is 0.809. The smallest absolute Gasteiger partial charge is 0.267 e. The van der Waals surface area contributed by atoms with E-state index in [-0.39, 0.29) is 11.5 Å². The van der Waals surface area contributed by atoms with Crippen molar-refractivity contribution in [1.82, 2.24) is 9.55 Å². The van der Waals surface area contributed by atoms with Crippen molar-refractivity contribution in [3.05, 3.63) is 56.4 Å². The first kappa shape index (κ1) is 13.9. The van der Waals surface area contributed by atoms with Gasteiger partial charge in [-0.1, -0.05) is 6.07 Å². The van der Waals surface area contributed by atoms with Crippen LogP contribution in [0.5, 0.6) is 5.75 Å². The molecule has 2 aromatic carbocycles. The van der Waals surface area contributed by atoms with Crippen LogP contribution < -0.4 is 16.0 Å². The van der Waals surface area contributed by atoms with Crippen LogP contribution in [0.2, 0.25) is 0 Å². The summed E-state index contributed by atoms with van der Waals surface area (Å²) in [7, 11) is 1.58. The molecule has 0 fully saturated rings. The number of aromatic nitrogens is 2. The highest BCUT2D eigenvalue weighted by atomic mass is 127. The van der Waals surface area contributed by atoms with Gasteiger partial charge < -0.3 is 10.5 Å². The van der Waals surface area contributed by atoms with Crippen LogP contribution in [-0.4, -0.2) is 16.7 Å². The molecule has 3 aromatic rings. The Labute approximate surface area is 134 Å². The van der Waals surface area contributed by atoms with Gasteiger partial charge in [0.1, 0.15) is 5.75 Å². The van der Waals surface area contributed by atoms with Gasteiger partial charge in [-0.15, -0.1) is 0 Å². The average molecular weight is 393 g/mol. The molecular formula is C15H12IN3O2. The summed E-state index contributed by atoms with van der Waals surface area (Å²) in [6, 6.07) is 12.7. The van der Waals surface area contributed by atoms with Crippen molar-refractivity contribution < 1.29 is 4.74 Å². The number of anilines is 1. The van der Waals surface area contributed by atoms with Crippen molar-refractivity contribution in [2.45, 2.75) is 0 Å². The highest BCUT2D eigenvalue weighted by Gasteiger charge is 2.11. The minimum absolute atomic E-state index is 0.155. The van der Waals surface area contributed by atoms with Crippen LogP contribution in [0.3, 0.4) is 0 Å². The van der Waals surface area contributed by atoms with Crippen molar-refractivity contribution in [1.29, 1.82) is 0 Å². The van der Waals surface area contributed by atoms with Gasteiger partial charge in [0.15, 0.2) is 0 Å². The van der Waals surface area contributed by atoms with E-state index in [0.717, 1.165) is 3.57 Å². The molecular weight excluding hydrogens is 381 g/mol. The number of methoxy groups -OCH3 is 1. The zero-order chi connectivity index (χ0) is 15.0. The standard InChI is InChI=1S/C15H12IN3O2/c1-21-11-4-2-3-10(8-11)19-14(20)12-7-9(16)5-6-13(12)18-15(19)17/h2-8H,1H3,(H2,17,18). The normalized spacial score (nSPS) is 10.8. The largest absolute Gasteiger partial charge is 0.497 e. The topological polar surface area (TPSA) is 70.1 Å². The summed E-state index contributed by atoms with van der Waals surface area (Å²) in [6.07, 6.45) is 0. The van der Waals surface area contributed by atoms with Gasteiger partial charge in [-0.3, -0.25) is 4.79 Å². The molecule has 0 atom stereocenters. The Morgan fingerprint density at radius 2 is 2.05 bits per heavy atom. The Bertz CT molecular complexity index is 890. The van der Waals surface area contributed by atoms with E-state index in [2.05, 4.69) is 27.6 Å². The van der Waals surface area contributed by atoms with Gasteiger partial charge >= 0.3 is 0 Å². The minimum atomic E-state index is -0.190. The molecule has 0 saturated carbocycles. The number of hydrogen-bond acceptors (Lipinski definition) is 4. The van der Waals surface area contributed by atoms with E-state index in [1.165, 1.54) is 4.57 Å². The van der Waals surface area contributed by atoms with Crippen LogP contribution in [0.25, 0.3) is 16.6 Å². The molecule has 0 aliphatic rings. The fourth-order valence-corrected chi connectivity index (χ4v) is 2.67. The Morgan fingerprint density at radius 3 is 2.81 bits per heavy atom. The van der Waals surface area contributed by atoms with Crippen LogP contribution in [0.15, 0.2) is 47.3 Å². The van der Waals surface area contributed by atoms with Crippen molar-refractivity contribution >= 4 is 39.4 Å². The Morgan fingerprint density at radius 1 is 1.24 bits per heavy atom. The molecule has 0 aliphatic carbocycles. The summed E-state index contributed by atoms with van der Waals surface area (Å²) in [6.45, 7) is 0. The molecule has 1 aromatic heterocycles. The zero-order valence-corrected chi connectivity index (χ0v) is 13.4. The molecule has 3 rings (SSSR count). The second-order valence-electron chi connectivity index (χ2n) is 4.47. The number of rotatable bonds is 2. The lowest BCUT2D eigenvalue weighted by molar-refractivity contribution is 0.414. The van der Waals surface area contributed by atoms with E-state index < -0.39 is 0 Å². The number of nitrogen functional groups attached to an aromatic ring is 1. The number of benzene rings is 2. The quantitative estimate of drug-likeness (QED) is 0.680. The third kappa shape index (κ3) is 2.46. The lowest BCUT2D eigenvalue weighted by Gasteiger charge is -2.11. The fourth-order valence-electron chi connectivity index (χ4n) is 2.17. The van der Waals surface area contributed by atoms with E-state index in [4.69, 9.17) is 10.5 Å². The van der Waals surface area contributed by atoms with Gasteiger partial charge in [-0.2, -0.15) is 0 Å². The van der Waals surface area contributed by atoms with Gasteiger partial charge in [-0.05, 0) is 52.9 Å². The summed E-state index contributed by atoms with van der Waals surface area (Å²) >= 11 is 2.16. The first-order valence-corrected chi connectivity index (χ1v) is 7.30. The first-order chi connectivity index (χ1) is 10.1. The summed E-state index contributed by atoms with van der Waals surface area (Å²) in [4.78, 5) is 17.0. The molecule has 0 unspecified atom stereocenters. The zero-order valence-electron chi connectivity index (χ0n) is 11.2. The second kappa shape index (κ2) is 5.36. The Hall–Kier alpha value is -2.09. The van der Waals surface area contributed by atoms with Gasteiger partial charge in [0.25, 0.3) is 5.56 Å². The minimum Gasteiger partial charge on any atom is -0.497 e. The molecule has 6 heteroatoms. The van der Waals surface area contributed by atoms with Crippen molar-refractivity contribution in [3.8, 4) is 11.4 Å². The van der Waals surface area contributed by atoms with Crippen LogP contribution in [0.4, 0.5) is 5.95 Å². The van der Waals surface area contributed by atoms with E-state index in [1.54, 1.807) is 37.4 Å². The monoisotopic (exact) mass is 393 g/mol. The third-order valence-corrected chi connectivity index (χ3v) is 3.84. The molecule has 0 radical (unpaired) electrons. The molecule has 0 saturated heterocycles. The summed E-state index contributed by atoms with van der Waals surface area (Å²) in [5.41, 5.74) is 6.99. The van der Waals surface area contributed by atoms with Crippen molar-refractivity contribution in [3.63, 3.8) is 0 Å². The molecule has 0 aliphatic heterocycles. The molecule has 21 heavy (non-hydrogen) atoms. The molecule has 5 nitrogen and oxygen atoms in total. The molecule has 0 bridgehead atoms. The highest BCUT2D eigenvalue weighted by molar-refractivity contribution is 14.1. The fraction of sp³-hybridized carbons (Fsp3) is 0.0667. The Kier molecular flexibility index (Phi) is 3.54. The van der Waals surface area contributed by atoms with Crippen molar-refractivity contribution in [2.24, 2.45) is 0 Å². The van der Waals surface area contributed by atoms with Gasteiger partial charge in [-0.25, -0.2) is 9.55 Å². The molecule has 0 amide bonds. The van der Waals surface area contributed by atoms with E-state index in [1.807, 2.05) is 12.1 Å². The summed E-state index contributed by atoms with van der Waals surface area (Å²) in [5, 5.41) is 0.541. The lowest BCUT2D eigenvalue weighted by Crippen LogP contribution is -2.23. The second-order valence-corrected chi connectivity index (χ2v) is 5.72. The number of nitrogens with two attached hydrogens (primary N) is 1. The van der Waals surface area contributed by atoms with Crippen LogP contribution in [0.1, 0.15) is 0 Å². The predicted molar refractivity (Wildman–Crippen MR) is 91.0 cm³/mol. The number of nitrogens with zero attached hydrogens (tertiary/aromatic N) is 2. The van der Waals surface area contributed by atoms with Gasteiger partial charge in [0.05, 0.1) is 23.7 Å². The maximum atomic E-state index is 12.7. The van der Waals surface area contributed by atoms with E-state index in [0.29, 0.717) is 22.3 Å². The predicted octanol–water partition coefficient (Wildman–Crippen LogP) is 2.58. The first-order valence-electron chi connectivity index (χ1n) is 6.22. The molecule has 1 heterocycles. The lowest BCUT2D eigenvalue weighted by atomic mass is 10.2. The molecule has 2 N–H and O–H groups in total. The molecule has 0 spiro atoms. The summed E-state index contributed by atoms with van der Waals surface area (Å²) < 4.78 is 7.55. The van der Waals surface area contributed by atoms with Crippen LogP contribution >= 0.6 is 22.6 Å². The number of fused-ring (bicyclic) bond motifs is 1. The van der Waals surface area contributed by atoms with E-state index in [9.17, 15) is 4.79 Å². The average Bonchev–Trinajstić information content (AvgIpc) is 2.48. The number of hydrogen-bond donors (Lipinski definition) is 1. The van der Waals surface area contributed by atoms with Crippen LogP contribution in [-0.2, 0) is 0 Å².